The summed E-state index contributed by atoms with van der Waals surface area (Å²) in [5.74, 6) is 0. The molecular formula is C3H5Br2N2P. The molecule has 0 saturated heterocycles. The molecule has 0 aliphatic carbocycles. The highest BCUT2D eigenvalue weighted by Gasteiger charge is 1.81. The van der Waals surface area contributed by atoms with E-state index in [-0.39, 0.29) is 4.83 Å². The number of hydrogen-bond acceptors (Lipinski definition) is 2. The fourth-order valence-corrected chi connectivity index (χ4v) is 0. The fourth-order valence-electron chi connectivity index (χ4n) is 0. The summed E-state index contributed by atoms with van der Waals surface area (Å²) < 4.78 is 0. The molecule has 0 amide bonds. The molecule has 0 spiro atoms. The Morgan fingerprint density at radius 3 is 2.00 bits per heavy atom. The number of halogens is 2. The minimum absolute atomic E-state index is 0.00231. The molecule has 1 N–H and O–H groups in total. The second-order valence-electron chi connectivity index (χ2n) is 0.830. The average Bonchev–Trinajstić information content (AvgIpc) is 1.69. The van der Waals surface area contributed by atoms with Gasteiger partial charge in [0.2, 0.25) is 0 Å². The summed E-state index contributed by atoms with van der Waals surface area (Å²) in [4.78, 5) is 0.00231. The van der Waals surface area contributed by atoms with Crippen LogP contribution in [0.15, 0.2) is 0 Å². The fraction of sp³-hybridized carbons (Fsp3) is 0.667. The molecule has 0 radical (unpaired) electrons. The maximum atomic E-state index is 7.85. The monoisotopic (exact) mass is 258 g/mol. The predicted molar refractivity (Wildman–Crippen MR) is 42.6 cm³/mol. The third kappa shape index (κ3) is 31.0. The van der Waals surface area contributed by atoms with Crippen LogP contribution in [-0.2, 0) is 0 Å². The third-order valence-corrected chi connectivity index (χ3v) is 0.383. The Hall–Kier alpha value is 0.550. The summed E-state index contributed by atoms with van der Waals surface area (Å²) in [6.45, 7) is 1.78. The SMILES string of the molecule is CC(Br)C#N.N=PBr. The zero-order valence-electron chi connectivity index (χ0n) is 4.23. The highest BCUT2D eigenvalue weighted by atomic mass is 79.9. The van der Waals surface area contributed by atoms with E-state index < -0.39 is 0 Å². The highest BCUT2D eigenvalue weighted by molar-refractivity contribution is 9.35. The van der Waals surface area contributed by atoms with Gasteiger partial charge in [0, 0.05) is 0 Å². The van der Waals surface area contributed by atoms with Crippen molar-refractivity contribution in [3.05, 3.63) is 0 Å². The van der Waals surface area contributed by atoms with Crippen LogP contribution in [0.5, 0.6) is 0 Å². The van der Waals surface area contributed by atoms with Gasteiger partial charge in [0.15, 0.2) is 0 Å². The van der Waals surface area contributed by atoms with E-state index in [1.807, 2.05) is 6.07 Å². The molecule has 0 aromatic carbocycles. The van der Waals surface area contributed by atoms with E-state index in [9.17, 15) is 0 Å². The first-order chi connectivity index (χ1) is 3.68. The molecule has 0 heterocycles. The Balaban J connectivity index is 0. The van der Waals surface area contributed by atoms with E-state index in [0.717, 1.165) is 0 Å². The number of hydrogen-bond donors (Lipinski definition) is 1. The van der Waals surface area contributed by atoms with E-state index in [1.54, 1.807) is 6.92 Å². The second-order valence-corrected chi connectivity index (χ2v) is 3.44. The van der Waals surface area contributed by atoms with Crippen LogP contribution in [-0.4, -0.2) is 4.83 Å². The minimum atomic E-state index is 0.00231. The van der Waals surface area contributed by atoms with Gasteiger partial charge in [-0.1, -0.05) is 15.9 Å². The van der Waals surface area contributed by atoms with Crippen molar-refractivity contribution in [1.82, 2.24) is 0 Å². The standard InChI is InChI=1S/C3H4BrN.BrHNP/c1-3(4)2-5;1-3-2/h3H,1H3;2H. The molecule has 0 aliphatic rings. The van der Waals surface area contributed by atoms with Gasteiger partial charge in [0.25, 0.3) is 0 Å². The number of nitriles is 1. The van der Waals surface area contributed by atoms with E-state index in [2.05, 4.69) is 31.4 Å². The maximum absolute atomic E-state index is 7.85. The van der Waals surface area contributed by atoms with Crippen LogP contribution in [0, 0.1) is 16.5 Å². The van der Waals surface area contributed by atoms with Gasteiger partial charge in [-0.15, -0.1) is 0 Å². The van der Waals surface area contributed by atoms with E-state index in [1.165, 1.54) is 0 Å². The van der Waals surface area contributed by atoms with Crippen molar-refractivity contribution < 1.29 is 0 Å². The lowest BCUT2D eigenvalue weighted by Gasteiger charge is -1.73. The number of alkyl halides is 1. The lowest BCUT2D eigenvalue weighted by atomic mass is 10.6. The van der Waals surface area contributed by atoms with Crippen LogP contribution >= 0.6 is 38.5 Å². The normalized spacial score (nSPS) is 10.8. The minimum Gasteiger partial charge on any atom is -0.273 e. The molecule has 5 heteroatoms. The van der Waals surface area contributed by atoms with Crippen molar-refractivity contribution in [3.8, 4) is 6.07 Å². The summed E-state index contributed by atoms with van der Waals surface area (Å²) in [5.41, 5.74) is 0. The summed E-state index contributed by atoms with van der Waals surface area (Å²) in [6, 6.07) is 1.94. The molecule has 0 bridgehead atoms. The number of rotatable bonds is 0. The lowest BCUT2D eigenvalue weighted by Crippen LogP contribution is -1.75. The number of nitrogens with one attached hydrogen (secondary N) is 1. The van der Waals surface area contributed by atoms with Gasteiger partial charge in [0.05, 0.1) is 18.0 Å². The van der Waals surface area contributed by atoms with Crippen molar-refractivity contribution in [2.75, 3.05) is 0 Å². The molecule has 0 aliphatic heterocycles. The molecule has 0 rings (SSSR count). The van der Waals surface area contributed by atoms with Crippen LogP contribution in [0.4, 0.5) is 0 Å². The molecule has 8 heavy (non-hydrogen) atoms. The highest BCUT2D eigenvalue weighted by Crippen LogP contribution is 1.99. The smallest absolute Gasteiger partial charge is 0.0986 e. The van der Waals surface area contributed by atoms with Gasteiger partial charge in [-0.25, -0.2) is 0 Å². The van der Waals surface area contributed by atoms with Crippen molar-refractivity contribution in [1.29, 1.82) is 10.4 Å². The number of nitrogens with zero attached hydrogens (tertiary/aromatic N) is 1. The van der Waals surface area contributed by atoms with Gasteiger partial charge >= 0.3 is 0 Å². The van der Waals surface area contributed by atoms with Crippen molar-refractivity contribution in [2.24, 2.45) is 0 Å². The van der Waals surface area contributed by atoms with Crippen molar-refractivity contribution in [2.45, 2.75) is 11.8 Å². The zero-order chi connectivity index (χ0) is 6.99. The Labute approximate surface area is 66.8 Å². The zero-order valence-corrected chi connectivity index (χ0v) is 8.29. The predicted octanol–water partition coefficient (Wildman–Crippen LogP) is 3.30. The van der Waals surface area contributed by atoms with Crippen molar-refractivity contribution >= 4 is 38.5 Å². The molecule has 2 nitrogen and oxygen atoms in total. The molecule has 46 valence electrons. The molecule has 1 unspecified atom stereocenters. The van der Waals surface area contributed by atoms with E-state index >= 15 is 0 Å². The van der Waals surface area contributed by atoms with Gasteiger partial charge in [-0.05, 0) is 22.4 Å². The van der Waals surface area contributed by atoms with E-state index in [4.69, 9.17) is 10.4 Å². The van der Waals surface area contributed by atoms with Gasteiger partial charge in [-0.2, -0.15) is 5.26 Å². The second kappa shape index (κ2) is 10.5. The molecule has 0 saturated carbocycles. The third-order valence-electron chi connectivity index (χ3n) is 0.178. The van der Waals surface area contributed by atoms with E-state index in [0.29, 0.717) is 7.08 Å². The van der Waals surface area contributed by atoms with Crippen LogP contribution in [0.2, 0.25) is 0 Å². The Kier molecular flexibility index (Phi) is 14.9. The first-order valence-electron chi connectivity index (χ1n) is 1.70. The lowest BCUT2D eigenvalue weighted by molar-refractivity contribution is 1.27. The average molecular weight is 260 g/mol. The molecule has 0 aromatic rings. The molecule has 0 aromatic heterocycles. The van der Waals surface area contributed by atoms with Crippen LogP contribution < -0.4 is 0 Å². The first-order valence-corrected chi connectivity index (χ1v) is 5.53. The Bertz CT molecular complexity index is 87.8. The molecule has 0 fully saturated rings. The first kappa shape index (κ1) is 11.4. The van der Waals surface area contributed by atoms with Gasteiger partial charge in [-0.3, -0.25) is 5.16 Å². The molecular weight excluding hydrogens is 255 g/mol. The van der Waals surface area contributed by atoms with Crippen LogP contribution in [0.25, 0.3) is 0 Å². The quantitative estimate of drug-likeness (QED) is 0.527. The largest absolute Gasteiger partial charge is 0.273 e. The summed E-state index contributed by atoms with van der Waals surface area (Å²) in [7, 11) is 0.479. The van der Waals surface area contributed by atoms with Crippen molar-refractivity contribution in [3.63, 3.8) is 0 Å². The summed E-state index contributed by atoms with van der Waals surface area (Å²) in [6.07, 6.45) is 0. The topological polar surface area (TPSA) is 47.6 Å². The van der Waals surface area contributed by atoms with Gasteiger partial charge in [0.1, 0.15) is 0 Å². The maximum Gasteiger partial charge on any atom is 0.0986 e. The summed E-state index contributed by atoms with van der Waals surface area (Å²) in [5, 5.41) is 13.9. The Morgan fingerprint density at radius 2 is 2.00 bits per heavy atom. The van der Waals surface area contributed by atoms with Crippen LogP contribution in [0.1, 0.15) is 6.92 Å². The Morgan fingerprint density at radius 1 is 1.88 bits per heavy atom. The molecule has 1 atom stereocenters. The summed E-state index contributed by atoms with van der Waals surface area (Å²) >= 11 is 5.80. The van der Waals surface area contributed by atoms with Gasteiger partial charge < -0.3 is 0 Å². The van der Waals surface area contributed by atoms with Crippen LogP contribution in [0.3, 0.4) is 0 Å².